The van der Waals surface area contributed by atoms with Gasteiger partial charge in [-0.25, -0.2) is 4.98 Å². The van der Waals surface area contributed by atoms with Crippen molar-refractivity contribution in [2.24, 2.45) is 0 Å². The van der Waals surface area contributed by atoms with E-state index in [1.165, 1.54) is 25.7 Å². The number of benzene rings is 1. The molecule has 2 aromatic rings. The fraction of sp³-hybridized carbons (Fsp3) is 0.524. The first-order valence-corrected chi connectivity index (χ1v) is 9.93. The SMILES string of the molecule is c1ccc(-c2cc(NCC3CCCO3)nc(N3CCCCCC3)n2)cc1. The van der Waals surface area contributed by atoms with Crippen LogP contribution in [0.1, 0.15) is 38.5 Å². The molecular weight excluding hydrogens is 324 g/mol. The van der Waals surface area contributed by atoms with Crippen molar-refractivity contribution in [1.82, 2.24) is 9.97 Å². The number of nitrogens with zero attached hydrogens (tertiary/aromatic N) is 3. The second-order valence-electron chi connectivity index (χ2n) is 7.22. The van der Waals surface area contributed by atoms with E-state index in [2.05, 4.69) is 40.5 Å². The molecule has 0 saturated carbocycles. The van der Waals surface area contributed by atoms with Gasteiger partial charge in [0.05, 0.1) is 11.8 Å². The van der Waals surface area contributed by atoms with Gasteiger partial charge in [-0.15, -0.1) is 0 Å². The Kier molecular flexibility index (Phi) is 5.65. The fourth-order valence-corrected chi connectivity index (χ4v) is 3.72. The Morgan fingerprint density at radius 3 is 2.54 bits per heavy atom. The van der Waals surface area contributed by atoms with E-state index in [-0.39, 0.29) is 0 Å². The average molecular weight is 352 g/mol. The van der Waals surface area contributed by atoms with Crippen molar-refractivity contribution < 1.29 is 4.74 Å². The minimum absolute atomic E-state index is 0.298. The highest BCUT2D eigenvalue weighted by atomic mass is 16.5. The summed E-state index contributed by atoms with van der Waals surface area (Å²) in [5.41, 5.74) is 2.11. The van der Waals surface area contributed by atoms with Crippen LogP contribution in [0.25, 0.3) is 11.3 Å². The summed E-state index contributed by atoms with van der Waals surface area (Å²) in [6.45, 7) is 3.78. The van der Waals surface area contributed by atoms with Crippen molar-refractivity contribution in [2.45, 2.75) is 44.6 Å². The molecule has 4 rings (SSSR count). The van der Waals surface area contributed by atoms with Crippen LogP contribution in [0, 0.1) is 0 Å². The molecule has 5 nitrogen and oxygen atoms in total. The maximum absolute atomic E-state index is 5.74. The molecule has 2 fully saturated rings. The maximum atomic E-state index is 5.74. The summed E-state index contributed by atoms with van der Waals surface area (Å²) in [6, 6.07) is 12.4. The number of rotatable bonds is 5. The molecule has 1 aromatic carbocycles. The number of hydrogen-bond acceptors (Lipinski definition) is 5. The van der Waals surface area contributed by atoms with Gasteiger partial charge in [0.25, 0.3) is 0 Å². The molecule has 138 valence electrons. The third kappa shape index (κ3) is 4.33. The molecule has 1 unspecified atom stereocenters. The van der Waals surface area contributed by atoms with Crippen LogP contribution in [0.4, 0.5) is 11.8 Å². The number of ether oxygens (including phenoxy) is 1. The second kappa shape index (κ2) is 8.49. The van der Waals surface area contributed by atoms with E-state index in [4.69, 9.17) is 14.7 Å². The van der Waals surface area contributed by atoms with Crippen molar-refractivity contribution >= 4 is 11.8 Å². The Morgan fingerprint density at radius 1 is 1.00 bits per heavy atom. The third-order valence-corrected chi connectivity index (χ3v) is 5.21. The largest absolute Gasteiger partial charge is 0.376 e. The molecule has 1 N–H and O–H groups in total. The molecule has 26 heavy (non-hydrogen) atoms. The van der Waals surface area contributed by atoms with Crippen LogP contribution in [0.3, 0.4) is 0 Å². The van der Waals surface area contributed by atoms with Gasteiger partial charge in [0.2, 0.25) is 5.95 Å². The first kappa shape index (κ1) is 17.3. The van der Waals surface area contributed by atoms with Gasteiger partial charge < -0.3 is 15.0 Å². The Morgan fingerprint density at radius 2 is 1.81 bits per heavy atom. The van der Waals surface area contributed by atoms with Crippen LogP contribution in [-0.4, -0.2) is 42.3 Å². The lowest BCUT2D eigenvalue weighted by atomic mass is 10.1. The predicted octanol–water partition coefficient (Wildman–Crippen LogP) is 4.11. The number of anilines is 2. The Balaban J connectivity index is 1.60. The summed E-state index contributed by atoms with van der Waals surface area (Å²) in [5, 5.41) is 3.49. The summed E-state index contributed by atoms with van der Waals surface area (Å²) in [5.74, 6) is 1.75. The average Bonchev–Trinajstić information content (AvgIpc) is 3.07. The first-order valence-electron chi connectivity index (χ1n) is 9.93. The molecule has 2 aliphatic rings. The Labute approximate surface area is 155 Å². The van der Waals surface area contributed by atoms with E-state index in [1.54, 1.807) is 0 Å². The van der Waals surface area contributed by atoms with Crippen molar-refractivity contribution in [3.8, 4) is 11.3 Å². The van der Waals surface area contributed by atoms with E-state index >= 15 is 0 Å². The van der Waals surface area contributed by atoms with Gasteiger partial charge in [0.1, 0.15) is 5.82 Å². The Hall–Kier alpha value is -2.14. The van der Waals surface area contributed by atoms with Crippen LogP contribution in [0.15, 0.2) is 36.4 Å². The van der Waals surface area contributed by atoms with Gasteiger partial charge in [-0.2, -0.15) is 4.98 Å². The molecule has 0 aliphatic carbocycles. The molecule has 5 heteroatoms. The van der Waals surface area contributed by atoms with Crippen molar-refractivity contribution in [1.29, 1.82) is 0 Å². The van der Waals surface area contributed by atoms with Crippen LogP contribution >= 0.6 is 0 Å². The van der Waals surface area contributed by atoms with Crippen LogP contribution in [-0.2, 0) is 4.74 Å². The van der Waals surface area contributed by atoms with Crippen molar-refractivity contribution in [3.05, 3.63) is 36.4 Å². The van der Waals surface area contributed by atoms with E-state index in [0.29, 0.717) is 6.10 Å². The lowest BCUT2D eigenvalue weighted by molar-refractivity contribution is 0.120. The number of hydrogen-bond donors (Lipinski definition) is 1. The van der Waals surface area contributed by atoms with E-state index in [0.717, 1.165) is 62.1 Å². The number of nitrogens with one attached hydrogen (secondary N) is 1. The monoisotopic (exact) mass is 352 g/mol. The highest BCUT2D eigenvalue weighted by Gasteiger charge is 2.18. The lowest BCUT2D eigenvalue weighted by Crippen LogP contribution is -2.27. The third-order valence-electron chi connectivity index (χ3n) is 5.21. The summed E-state index contributed by atoms with van der Waals surface area (Å²) >= 11 is 0. The molecular formula is C21H28N4O. The summed E-state index contributed by atoms with van der Waals surface area (Å²) in [7, 11) is 0. The molecule has 3 heterocycles. The molecule has 2 saturated heterocycles. The number of aromatic nitrogens is 2. The standard InChI is InChI=1S/C21H28N4O/c1-2-7-13-25(12-6-1)21-23-19(17-9-4-3-5-10-17)15-20(24-21)22-16-18-11-8-14-26-18/h3-5,9-10,15,18H,1-2,6-8,11-14,16H2,(H,22,23,24). The second-order valence-corrected chi connectivity index (χ2v) is 7.22. The zero-order valence-corrected chi connectivity index (χ0v) is 15.4. The Bertz CT molecular complexity index is 692. The smallest absolute Gasteiger partial charge is 0.227 e. The van der Waals surface area contributed by atoms with Crippen LogP contribution in [0.2, 0.25) is 0 Å². The highest BCUT2D eigenvalue weighted by Crippen LogP contribution is 2.25. The lowest BCUT2D eigenvalue weighted by Gasteiger charge is -2.22. The molecule has 0 radical (unpaired) electrons. The van der Waals surface area contributed by atoms with Gasteiger partial charge in [-0.1, -0.05) is 43.2 Å². The quantitative estimate of drug-likeness (QED) is 0.877. The van der Waals surface area contributed by atoms with E-state index in [1.807, 2.05) is 6.07 Å². The summed E-state index contributed by atoms with van der Waals surface area (Å²) in [4.78, 5) is 12.1. The van der Waals surface area contributed by atoms with Crippen molar-refractivity contribution in [2.75, 3.05) is 36.5 Å². The topological polar surface area (TPSA) is 50.3 Å². The van der Waals surface area contributed by atoms with Gasteiger partial charge in [0.15, 0.2) is 0 Å². The summed E-state index contributed by atoms with van der Waals surface area (Å²) < 4.78 is 5.74. The van der Waals surface area contributed by atoms with Crippen LogP contribution in [0.5, 0.6) is 0 Å². The molecule has 1 aromatic heterocycles. The maximum Gasteiger partial charge on any atom is 0.227 e. The fourth-order valence-electron chi connectivity index (χ4n) is 3.72. The molecule has 0 spiro atoms. The predicted molar refractivity (Wildman–Crippen MR) is 106 cm³/mol. The van der Waals surface area contributed by atoms with E-state index < -0.39 is 0 Å². The van der Waals surface area contributed by atoms with E-state index in [9.17, 15) is 0 Å². The van der Waals surface area contributed by atoms with Gasteiger partial charge in [-0.3, -0.25) is 0 Å². The molecule has 2 aliphatic heterocycles. The van der Waals surface area contributed by atoms with Gasteiger partial charge >= 0.3 is 0 Å². The van der Waals surface area contributed by atoms with Gasteiger partial charge in [-0.05, 0) is 25.7 Å². The minimum atomic E-state index is 0.298. The van der Waals surface area contributed by atoms with Crippen molar-refractivity contribution in [3.63, 3.8) is 0 Å². The zero-order valence-electron chi connectivity index (χ0n) is 15.4. The molecule has 0 amide bonds. The zero-order chi connectivity index (χ0) is 17.6. The van der Waals surface area contributed by atoms with Crippen LogP contribution < -0.4 is 10.2 Å². The molecule has 1 atom stereocenters. The minimum Gasteiger partial charge on any atom is -0.376 e. The first-order chi connectivity index (χ1) is 12.9. The molecule has 0 bridgehead atoms. The normalized spacial score (nSPS) is 20.8. The van der Waals surface area contributed by atoms with Gasteiger partial charge in [0, 0.05) is 37.9 Å². The summed E-state index contributed by atoms with van der Waals surface area (Å²) in [6.07, 6.45) is 7.63. The highest BCUT2D eigenvalue weighted by molar-refractivity contribution is 5.64.